The van der Waals surface area contributed by atoms with Gasteiger partial charge in [-0.3, -0.25) is 0 Å². The summed E-state index contributed by atoms with van der Waals surface area (Å²) in [6.07, 6.45) is 0. The van der Waals surface area contributed by atoms with E-state index in [1.807, 2.05) is 0 Å². The lowest BCUT2D eigenvalue weighted by Gasteiger charge is -2.06. The van der Waals surface area contributed by atoms with Crippen LogP contribution >= 0.6 is 0 Å². The van der Waals surface area contributed by atoms with E-state index >= 15 is 0 Å². The summed E-state index contributed by atoms with van der Waals surface area (Å²) >= 11 is 0. The summed E-state index contributed by atoms with van der Waals surface area (Å²) < 4.78 is 10.0. The average molecular weight is 226 g/mol. The highest BCUT2D eigenvalue weighted by molar-refractivity contribution is 5.95. The Hall–Kier alpha value is -1.89. The molecule has 0 radical (unpaired) electrons. The van der Waals surface area contributed by atoms with E-state index in [4.69, 9.17) is 20.4 Å². The lowest BCUT2D eigenvalue weighted by atomic mass is 10.3. The monoisotopic (exact) mass is 226 g/mol. The van der Waals surface area contributed by atoms with Crippen molar-refractivity contribution in [2.24, 2.45) is 10.9 Å². The maximum atomic E-state index is 8.53. The van der Waals surface area contributed by atoms with Crippen molar-refractivity contribution in [2.45, 2.75) is 6.92 Å². The molecule has 0 unspecified atom stereocenters. The lowest BCUT2D eigenvalue weighted by Crippen LogP contribution is -2.17. The van der Waals surface area contributed by atoms with Crippen LogP contribution in [0.15, 0.2) is 11.2 Å². The molecule has 16 heavy (non-hydrogen) atoms. The molecular formula is C9H14N4O3. The van der Waals surface area contributed by atoms with Crippen LogP contribution in [-0.2, 0) is 4.74 Å². The van der Waals surface area contributed by atoms with Gasteiger partial charge < -0.3 is 20.4 Å². The summed E-state index contributed by atoms with van der Waals surface area (Å²) in [6.45, 7) is 2.55. The molecule has 7 heteroatoms. The molecule has 88 valence electrons. The van der Waals surface area contributed by atoms with Crippen LogP contribution in [0.4, 0.5) is 0 Å². The zero-order valence-corrected chi connectivity index (χ0v) is 9.17. The zero-order chi connectivity index (χ0) is 12.0. The second-order valence-electron chi connectivity index (χ2n) is 3.00. The minimum Gasteiger partial charge on any atom is -0.461 e. The highest BCUT2D eigenvalue weighted by Gasteiger charge is 2.06. The first-order valence-electron chi connectivity index (χ1n) is 4.62. The van der Waals surface area contributed by atoms with Crippen molar-refractivity contribution in [1.29, 1.82) is 0 Å². The number of methoxy groups -OCH3 is 1. The number of amidine groups is 1. The number of nitrogens with zero attached hydrogens (tertiary/aromatic N) is 3. The summed E-state index contributed by atoms with van der Waals surface area (Å²) in [5.74, 6) is -0.0814. The average Bonchev–Trinajstić information content (AvgIpc) is 2.27. The third-order valence-electron chi connectivity index (χ3n) is 1.72. The van der Waals surface area contributed by atoms with Crippen LogP contribution in [0.2, 0.25) is 0 Å². The number of aryl methyl sites for hydroxylation is 1. The van der Waals surface area contributed by atoms with Gasteiger partial charge in [0.05, 0.1) is 6.61 Å². The molecule has 1 aromatic rings. The Morgan fingerprint density at radius 2 is 2.25 bits per heavy atom. The standard InChI is InChI=1S/C9H14N4O3/c1-6-5-7(8(10)13-14)12-9(11-6)16-4-3-15-2/h5,14H,3-4H2,1-2H3,(H2,10,13). The van der Waals surface area contributed by atoms with Crippen molar-refractivity contribution in [3.05, 3.63) is 17.5 Å². The molecule has 0 aliphatic heterocycles. The Kier molecular flexibility index (Phi) is 4.46. The predicted molar refractivity (Wildman–Crippen MR) is 56.7 cm³/mol. The quantitative estimate of drug-likeness (QED) is 0.239. The van der Waals surface area contributed by atoms with Crippen LogP contribution in [0, 0.1) is 6.92 Å². The van der Waals surface area contributed by atoms with Gasteiger partial charge in [-0.05, 0) is 13.0 Å². The SMILES string of the molecule is COCCOc1nc(C)cc(/C(N)=N/O)n1. The first-order chi connectivity index (χ1) is 7.67. The summed E-state index contributed by atoms with van der Waals surface area (Å²) in [7, 11) is 1.57. The van der Waals surface area contributed by atoms with Crippen LogP contribution in [0.25, 0.3) is 0 Å². The van der Waals surface area contributed by atoms with E-state index in [9.17, 15) is 0 Å². The number of nitrogens with two attached hydrogens (primary N) is 1. The number of hydrogen-bond donors (Lipinski definition) is 2. The van der Waals surface area contributed by atoms with E-state index in [1.165, 1.54) is 0 Å². The number of aromatic nitrogens is 2. The molecule has 0 saturated carbocycles. The van der Waals surface area contributed by atoms with Gasteiger partial charge >= 0.3 is 6.01 Å². The highest BCUT2D eigenvalue weighted by atomic mass is 16.5. The maximum absolute atomic E-state index is 8.53. The highest BCUT2D eigenvalue weighted by Crippen LogP contribution is 2.06. The molecule has 7 nitrogen and oxygen atoms in total. The van der Waals surface area contributed by atoms with Crippen molar-refractivity contribution in [2.75, 3.05) is 20.3 Å². The smallest absolute Gasteiger partial charge is 0.317 e. The molecule has 0 aromatic carbocycles. The predicted octanol–water partition coefficient (Wildman–Crippen LogP) is -0.0953. The zero-order valence-electron chi connectivity index (χ0n) is 9.17. The van der Waals surface area contributed by atoms with Crippen molar-refractivity contribution < 1.29 is 14.7 Å². The first-order valence-corrected chi connectivity index (χ1v) is 4.62. The molecule has 0 amide bonds. The molecule has 1 aromatic heterocycles. The Balaban J connectivity index is 2.82. The van der Waals surface area contributed by atoms with Crippen LogP contribution in [-0.4, -0.2) is 41.3 Å². The molecule has 0 spiro atoms. The van der Waals surface area contributed by atoms with Crippen LogP contribution in [0.5, 0.6) is 6.01 Å². The molecule has 0 saturated heterocycles. The fourth-order valence-electron chi connectivity index (χ4n) is 1.00. The van der Waals surface area contributed by atoms with Gasteiger partial charge in [-0.15, -0.1) is 0 Å². The Bertz CT molecular complexity index is 381. The molecule has 0 aliphatic rings. The first kappa shape index (κ1) is 12.2. The number of oxime groups is 1. The molecule has 0 atom stereocenters. The molecule has 3 N–H and O–H groups in total. The van der Waals surface area contributed by atoms with Gasteiger partial charge in [0.15, 0.2) is 5.84 Å². The van der Waals surface area contributed by atoms with Crippen LogP contribution < -0.4 is 10.5 Å². The summed E-state index contributed by atoms with van der Waals surface area (Å²) in [5.41, 5.74) is 6.41. The Morgan fingerprint density at radius 1 is 1.50 bits per heavy atom. The van der Waals surface area contributed by atoms with Crippen LogP contribution in [0.1, 0.15) is 11.4 Å². The van der Waals surface area contributed by atoms with Gasteiger partial charge in [-0.25, -0.2) is 4.98 Å². The van der Waals surface area contributed by atoms with Crippen molar-refractivity contribution in [3.8, 4) is 6.01 Å². The third-order valence-corrected chi connectivity index (χ3v) is 1.72. The number of rotatable bonds is 5. The molecule has 1 heterocycles. The number of ether oxygens (including phenoxy) is 2. The molecular weight excluding hydrogens is 212 g/mol. The van der Waals surface area contributed by atoms with E-state index in [2.05, 4.69) is 15.1 Å². The molecule has 1 rings (SSSR count). The van der Waals surface area contributed by atoms with E-state index < -0.39 is 0 Å². The van der Waals surface area contributed by atoms with Crippen molar-refractivity contribution >= 4 is 5.84 Å². The molecule has 0 bridgehead atoms. The normalized spacial score (nSPS) is 11.5. The summed E-state index contributed by atoms with van der Waals surface area (Å²) in [5, 5.41) is 11.4. The topological polar surface area (TPSA) is 103 Å². The largest absolute Gasteiger partial charge is 0.461 e. The summed E-state index contributed by atoms with van der Waals surface area (Å²) in [4.78, 5) is 8.01. The minimum absolute atomic E-state index is 0.0814. The van der Waals surface area contributed by atoms with Gasteiger partial charge in [0.1, 0.15) is 12.3 Å². The van der Waals surface area contributed by atoms with Gasteiger partial charge in [-0.2, -0.15) is 4.98 Å². The van der Waals surface area contributed by atoms with Crippen molar-refractivity contribution in [3.63, 3.8) is 0 Å². The Labute approximate surface area is 92.9 Å². The summed E-state index contributed by atoms with van der Waals surface area (Å²) in [6, 6.07) is 1.77. The van der Waals surface area contributed by atoms with Gasteiger partial charge in [-0.1, -0.05) is 5.16 Å². The van der Waals surface area contributed by atoms with Gasteiger partial charge in [0.25, 0.3) is 0 Å². The van der Waals surface area contributed by atoms with Gasteiger partial charge in [0, 0.05) is 12.8 Å². The molecule has 0 fully saturated rings. The van der Waals surface area contributed by atoms with Crippen LogP contribution in [0.3, 0.4) is 0 Å². The van der Waals surface area contributed by atoms with E-state index in [0.717, 1.165) is 0 Å². The second kappa shape index (κ2) is 5.86. The Morgan fingerprint density at radius 3 is 2.88 bits per heavy atom. The maximum Gasteiger partial charge on any atom is 0.317 e. The minimum atomic E-state index is -0.0814. The fourth-order valence-corrected chi connectivity index (χ4v) is 1.00. The van der Waals surface area contributed by atoms with Crippen molar-refractivity contribution in [1.82, 2.24) is 9.97 Å². The lowest BCUT2D eigenvalue weighted by molar-refractivity contribution is 0.140. The molecule has 0 aliphatic carbocycles. The van der Waals surface area contributed by atoms with E-state index in [-0.39, 0.29) is 11.8 Å². The fraction of sp³-hybridized carbons (Fsp3) is 0.444. The van der Waals surface area contributed by atoms with E-state index in [1.54, 1.807) is 20.1 Å². The number of hydrogen-bond acceptors (Lipinski definition) is 6. The van der Waals surface area contributed by atoms with Gasteiger partial charge in [0.2, 0.25) is 0 Å². The second-order valence-corrected chi connectivity index (χ2v) is 3.00. The third kappa shape index (κ3) is 3.35. The van der Waals surface area contributed by atoms with E-state index in [0.29, 0.717) is 24.6 Å².